The van der Waals surface area contributed by atoms with Crippen LogP contribution in [0.15, 0.2) is 17.1 Å². The van der Waals surface area contributed by atoms with Crippen LogP contribution >= 0.6 is 0 Å². The van der Waals surface area contributed by atoms with Crippen molar-refractivity contribution in [2.45, 2.75) is 52.4 Å². The summed E-state index contributed by atoms with van der Waals surface area (Å²) in [6.07, 6.45) is 1.53. The molecule has 0 saturated heterocycles. The lowest BCUT2D eigenvalue weighted by Gasteiger charge is -2.27. The molecule has 0 atom stereocenters. The average molecular weight is 289 g/mol. The molecular formula is C17H23NO3. The van der Waals surface area contributed by atoms with Gasteiger partial charge in [0.1, 0.15) is 5.75 Å². The predicted molar refractivity (Wildman–Crippen MR) is 84.2 cm³/mol. The number of hydrogen-bond donors (Lipinski definition) is 1. The van der Waals surface area contributed by atoms with Gasteiger partial charge in [0.15, 0.2) is 0 Å². The minimum absolute atomic E-state index is 0.173. The van der Waals surface area contributed by atoms with Crippen LogP contribution in [0.3, 0.4) is 0 Å². The van der Waals surface area contributed by atoms with Crippen molar-refractivity contribution >= 4 is 18.4 Å². The lowest BCUT2D eigenvalue weighted by Crippen LogP contribution is -2.18. The molecule has 1 aromatic rings. The summed E-state index contributed by atoms with van der Waals surface area (Å²) in [4.78, 5) is 24.9. The van der Waals surface area contributed by atoms with Crippen molar-refractivity contribution in [1.29, 1.82) is 0 Å². The van der Waals surface area contributed by atoms with Crippen LogP contribution in [-0.2, 0) is 20.4 Å². The van der Waals surface area contributed by atoms with E-state index in [0.717, 1.165) is 11.1 Å². The Hall–Kier alpha value is -1.97. The second-order valence-corrected chi connectivity index (χ2v) is 7.18. The van der Waals surface area contributed by atoms with Gasteiger partial charge in [0, 0.05) is 17.3 Å². The van der Waals surface area contributed by atoms with Crippen molar-refractivity contribution in [3.05, 3.63) is 28.8 Å². The number of carbonyl (C=O) groups is 2. The van der Waals surface area contributed by atoms with Gasteiger partial charge in [0.2, 0.25) is 6.29 Å². The molecule has 0 radical (unpaired) electrons. The lowest BCUT2D eigenvalue weighted by molar-refractivity contribution is -0.128. The topological polar surface area (TPSA) is 66.7 Å². The number of rotatable bonds is 2. The highest BCUT2D eigenvalue weighted by molar-refractivity contribution is 6.26. The van der Waals surface area contributed by atoms with Crippen LogP contribution < -0.4 is 0 Å². The molecule has 1 N–H and O–H groups in total. The van der Waals surface area contributed by atoms with Gasteiger partial charge in [0.25, 0.3) is 0 Å². The number of hydrogen-bond acceptors (Lipinski definition) is 3. The van der Waals surface area contributed by atoms with E-state index in [1.807, 2.05) is 41.5 Å². The molecular weight excluding hydrogens is 266 g/mol. The SMILES string of the molecule is CC(C)(C)c1cc(C=NC(=O)C=O)cc(C(C)(C)C)c1O. The van der Waals surface area contributed by atoms with E-state index in [4.69, 9.17) is 0 Å². The van der Waals surface area contributed by atoms with E-state index in [0.29, 0.717) is 5.56 Å². The Morgan fingerprint density at radius 3 is 1.81 bits per heavy atom. The zero-order valence-corrected chi connectivity index (χ0v) is 13.5. The van der Waals surface area contributed by atoms with E-state index < -0.39 is 5.91 Å². The first-order valence-electron chi connectivity index (χ1n) is 6.88. The predicted octanol–water partition coefficient (Wildman–Crippen LogP) is 3.13. The third kappa shape index (κ3) is 4.25. The normalized spacial score (nSPS) is 12.7. The number of benzene rings is 1. The standard InChI is InChI=1S/C17H23NO3/c1-16(2,3)12-7-11(9-18-14(20)10-19)8-13(15(12)21)17(4,5)6/h7-10,21H,1-6H3. The molecule has 4 nitrogen and oxygen atoms in total. The van der Waals surface area contributed by atoms with Crippen LogP contribution in [0, 0.1) is 0 Å². The third-order valence-corrected chi connectivity index (χ3v) is 3.19. The monoisotopic (exact) mass is 289 g/mol. The Morgan fingerprint density at radius 2 is 1.48 bits per heavy atom. The highest BCUT2D eigenvalue weighted by atomic mass is 16.3. The minimum Gasteiger partial charge on any atom is -0.507 e. The number of amides is 1. The molecule has 0 aromatic heterocycles. The zero-order chi connectivity index (χ0) is 16.4. The van der Waals surface area contributed by atoms with Gasteiger partial charge in [-0.1, -0.05) is 41.5 Å². The van der Waals surface area contributed by atoms with Crippen LogP contribution in [0.2, 0.25) is 0 Å². The van der Waals surface area contributed by atoms with Crippen molar-refractivity contribution in [3.63, 3.8) is 0 Å². The summed E-state index contributed by atoms with van der Waals surface area (Å²) < 4.78 is 0. The largest absolute Gasteiger partial charge is 0.507 e. The molecule has 0 spiro atoms. The summed E-state index contributed by atoms with van der Waals surface area (Å²) in [5.74, 6) is -0.549. The quantitative estimate of drug-likeness (QED) is 0.516. The summed E-state index contributed by atoms with van der Waals surface area (Å²) in [6, 6.07) is 3.60. The van der Waals surface area contributed by atoms with E-state index in [1.165, 1.54) is 6.21 Å². The van der Waals surface area contributed by atoms with Gasteiger partial charge >= 0.3 is 5.91 Å². The molecule has 0 aliphatic carbocycles. The van der Waals surface area contributed by atoms with Gasteiger partial charge in [-0.25, -0.2) is 4.99 Å². The van der Waals surface area contributed by atoms with Crippen molar-refractivity contribution in [2.75, 3.05) is 0 Å². The van der Waals surface area contributed by atoms with Crippen LogP contribution in [0.25, 0.3) is 0 Å². The third-order valence-electron chi connectivity index (χ3n) is 3.19. The van der Waals surface area contributed by atoms with Crippen LogP contribution in [-0.4, -0.2) is 23.5 Å². The van der Waals surface area contributed by atoms with E-state index in [1.54, 1.807) is 12.1 Å². The number of aldehydes is 1. The number of phenolic OH excluding ortho intramolecular Hbond substituents is 1. The molecule has 0 aliphatic heterocycles. The molecule has 0 aliphatic rings. The first-order valence-corrected chi connectivity index (χ1v) is 6.88. The first kappa shape index (κ1) is 17.1. The molecule has 1 aromatic carbocycles. The van der Waals surface area contributed by atoms with Gasteiger partial charge < -0.3 is 5.11 Å². The van der Waals surface area contributed by atoms with Crippen LogP contribution in [0.4, 0.5) is 0 Å². The zero-order valence-electron chi connectivity index (χ0n) is 13.5. The van der Waals surface area contributed by atoms with Gasteiger partial charge in [0.05, 0.1) is 0 Å². The highest BCUT2D eigenvalue weighted by Crippen LogP contribution is 2.39. The minimum atomic E-state index is -0.822. The Labute approximate surface area is 125 Å². The van der Waals surface area contributed by atoms with Crippen molar-refractivity contribution in [1.82, 2.24) is 0 Å². The number of aliphatic imine (C=N–C) groups is 1. The van der Waals surface area contributed by atoms with Crippen LogP contribution in [0.5, 0.6) is 5.75 Å². The maximum Gasteiger partial charge on any atom is 0.309 e. The number of carbonyl (C=O) groups excluding carboxylic acids is 2. The van der Waals surface area contributed by atoms with E-state index in [9.17, 15) is 14.7 Å². The fraction of sp³-hybridized carbons (Fsp3) is 0.471. The van der Waals surface area contributed by atoms with E-state index in [2.05, 4.69) is 4.99 Å². The molecule has 1 rings (SSSR count). The lowest BCUT2D eigenvalue weighted by atomic mass is 9.78. The average Bonchev–Trinajstić information content (AvgIpc) is 2.34. The number of nitrogens with zero attached hydrogens (tertiary/aromatic N) is 1. The molecule has 0 bridgehead atoms. The fourth-order valence-corrected chi connectivity index (χ4v) is 2.04. The maximum atomic E-state index is 11.0. The maximum absolute atomic E-state index is 11.0. The number of aromatic hydroxyl groups is 1. The number of phenols is 1. The Balaban J connectivity index is 3.51. The van der Waals surface area contributed by atoms with Gasteiger partial charge in [-0.15, -0.1) is 0 Å². The molecule has 1 amide bonds. The van der Waals surface area contributed by atoms with Gasteiger partial charge in [-0.05, 0) is 28.5 Å². The van der Waals surface area contributed by atoms with Crippen LogP contribution in [0.1, 0.15) is 58.2 Å². The second-order valence-electron chi connectivity index (χ2n) is 7.18. The van der Waals surface area contributed by atoms with Gasteiger partial charge in [-0.2, -0.15) is 0 Å². The van der Waals surface area contributed by atoms with E-state index in [-0.39, 0.29) is 22.9 Å². The summed E-state index contributed by atoms with van der Waals surface area (Å²) in [5.41, 5.74) is 1.77. The Bertz CT molecular complexity index is 552. The first-order chi connectivity index (χ1) is 9.46. The summed E-state index contributed by atoms with van der Waals surface area (Å²) in [6.45, 7) is 12.0. The van der Waals surface area contributed by atoms with E-state index >= 15 is 0 Å². The van der Waals surface area contributed by atoms with Crippen molar-refractivity contribution in [3.8, 4) is 5.75 Å². The Morgan fingerprint density at radius 1 is 1.05 bits per heavy atom. The van der Waals surface area contributed by atoms with Gasteiger partial charge in [-0.3, -0.25) is 9.59 Å². The molecule has 21 heavy (non-hydrogen) atoms. The molecule has 4 heteroatoms. The summed E-state index contributed by atoms with van der Waals surface area (Å²) in [5, 5.41) is 10.5. The molecule has 0 saturated carbocycles. The molecule has 114 valence electrons. The summed E-state index contributed by atoms with van der Waals surface area (Å²) >= 11 is 0. The fourth-order valence-electron chi connectivity index (χ4n) is 2.04. The second kappa shape index (κ2) is 5.80. The smallest absolute Gasteiger partial charge is 0.309 e. The van der Waals surface area contributed by atoms with Crippen molar-refractivity contribution < 1.29 is 14.7 Å². The molecule has 0 heterocycles. The molecule has 0 fully saturated rings. The van der Waals surface area contributed by atoms with Crippen molar-refractivity contribution in [2.24, 2.45) is 4.99 Å². The Kier molecular flexibility index (Phi) is 4.72. The highest BCUT2D eigenvalue weighted by Gasteiger charge is 2.26. The summed E-state index contributed by atoms with van der Waals surface area (Å²) in [7, 11) is 0. The molecule has 0 unspecified atom stereocenters.